The molecule has 0 spiro atoms. The minimum absolute atomic E-state index is 0. The molecule has 0 aliphatic rings. The molecule has 32 valence electrons. The van der Waals surface area contributed by atoms with Gasteiger partial charge in [-0.25, -0.2) is 0 Å². The molecule has 0 unspecified atom stereocenters. The Labute approximate surface area is 96.9 Å². The standard InChI is InChI=1S/Al.Ca.Fe.Re.H3Si.5H/h;;;;1H3;;;;;. The number of rotatable bonds is 0. The maximum absolute atomic E-state index is 1.86. The summed E-state index contributed by atoms with van der Waals surface area (Å²) in [7, 11) is 1.36. The van der Waals surface area contributed by atoms with E-state index in [0.29, 0.717) is 0 Å². The molecule has 0 aliphatic carbocycles. The van der Waals surface area contributed by atoms with Gasteiger partial charge in [-0.2, -0.15) is 0 Å². The zero-order valence-corrected chi connectivity index (χ0v) is 7.55. The van der Waals surface area contributed by atoms with Crippen LogP contribution in [0.5, 0.6) is 0 Å². The maximum atomic E-state index is 1.86. The molecule has 0 fully saturated rings. The fourth-order valence-electron chi connectivity index (χ4n) is 0. The first-order valence-electron chi connectivity index (χ1n) is 0.378. The third-order valence-corrected chi connectivity index (χ3v) is 0. The van der Waals surface area contributed by atoms with Gasteiger partial charge in [0.15, 0.2) is 17.4 Å². The van der Waals surface area contributed by atoms with Crippen LogP contribution in [0.4, 0.5) is 0 Å². The molecule has 0 heterocycles. The summed E-state index contributed by atoms with van der Waals surface area (Å²) in [5, 5.41) is 0. The molecular weight excluding hydrogens is 337 g/mol. The van der Waals surface area contributed by atoms with E-state index in [1.165, 1.54) is 8.32 Å². The summed E-state index contributed by atoms with van der Waals surface area (Å²) >= 11 is 1.86. The van der Waals surface area contributed by atoms with Crippen molar-refractivity contribution in [3.05, 3.63) is 0 Å². The molecule has 0 saturated heterocycles. The second kappa shape index (κ2) is 27.1. The Balaban J connectivity index is -0.00000000167. The van der Waals surface area contributed by atoms with Crippen LogP contribution < -0.4 is 0 Å². The average Bonchev–Trinajstić information content (AvgIpc) is 1.00. The van der Waals surface area contributed by atoms with Crippen molar-refractivity contribution in [3.63, 3.8) is 0 Å². The van der Waals surface area contributed by atoms with Gasteiger partial charge >= 0.3 is 64.5 Å². The van der Waals surface area contributed by atoms with Crippen molar-refractivity contribution in [1.82, 2.24) is 0 Å². The SMILES string of the molecule is [AlH3].[CaH2].[Fe].[SiH3][Re]. The van der Waals surface area contributed by atoms with Crippen LogP contribution in [-0.4, -0.2) is 63.4 Å². The van der Waals surface area contributed by atoms with Gasteiger partial charge in [0.1, 0.15) is 0 Å². The fourth-order valence-corrected chi connectivity index (χ4v) is 0. The molecule has 0 aromatic carbocycles. The normalized spacial score (nSPS) is 1.80. The molecule has 0 aliphatic heterocycles. The molecule has 0 aromatic rings. The molecule has 0 nitrogen and oxygen atoms in total. The van der Waals surface area contributed by atoms with Gasteiger partial charge in [-0.1, -0.05) is 0 Å². The van der Waals surface area contributed by atoms with Gasteiger partial charge in [0.25, 0.3) is 0 Å². The van der Waals surface area contributed by atoms with E-state index >= 15 is 0 Å². The molecule has 0 amide bonds. The molecular formula is H8AlCaFeReSi. The molecule has 0 bridgehead atoms. The first-order chi connectivity index (χ1) is 1.00. The van der Waals surface area contributed by atoms with E-state index in [1.54, 1.807) is 0 Å². The van der Waals surface area contributed by atoms with Crippen LogP contribution in [0.3, 0.4) is 0 Å². The molecule has 0 saturated carbocycles. The van der Waals surface area contributed by atoms with Crippen molar-refractivity contribution < 1.29 is 35.6 Å². The van der Waals surface area contributed by atoms with Crippen molar-refractivity contribution in [3.8, 4) is 0 Å². The Morgan fingerprint density at radius 3 is 1.20 bits per heavy atom. The third-order valence-electron chi connectivity index (χ3n) is 0. The fraction of sp³-hybridized carbons (Fsp3) is 0. The summed E-state index contributed by atoms with van der Waals surface area (Å²) in [6.07, 6.45) is 0. The quantitative estimate of drug-likeness (QED) is 0.404. The van der Waals surface area contributed by atoms with Gasteiger partial charge in [-0.05, 0) is 0 Å². The van der Waals surface area contributed by atoms with Gasteiger partial charge in [-0.15, -0.1) is 0 Å². The van der Waals surface area contributed by atoms with Crippen LogP contribution in [0.25, 0.3) is 0 Å². The minimum atomic E-state index is 0. The Morgan fingerprint density at radius 2 is 1.20 bits per heavy atom. The molecule has 0 radical (unpaired) electrons. The van der Waals surface area contributed by atoms with Gasteiger partial charge < -0.3 is 0 Å². The van der Waals surface area contributed by atoms with Gasteiger partial charge in [0, 0.05) is 17.1 Å². The average molecular weight is 345 g/mol. The van der Waals surface area contributed by atoms with E-state index in [-0.39, 0.29) is 72.2 Å². The van der Waals surface area contributed by atoms with Crippen LogP contribution >= 0.6 is 0 Å². The predicted molar refractivity (Wildman–Crippen MR) is 28.4 cm³/mol. The molecule has 0 aromatic heterocycles. The van der Waals surface area contributed by atoms with Gasteiger partial charge in [-0.3, -0.25) is 0 Å². The van der Waals surface area contributed by atoms with E-state index < -0.39 is 0 Å². The third kappa shape index (κ3) is 19.0. The summed E-state index contributed by atoms with van der Waals surface area (Å²) in [6, 6.07) is 0. The zero-order chi connectivity index (χ0) is 2.00. The summed E-state index contributed by atoms with van der Waals surface area (Å²) in [6.45, 7) is 0. The van der Waals surface area contributed by atoms with E-state index in [2.05, 4.69) is 0 Å². The van der Waals surface area contributed by atoms with Crippen molar-refractivity contribution in [2.45, 2.75) is 0 Å². The summed E-state index contributed by atoms with van der Waals surface area (Å²) in [5.74, 6) is 0. The van der Waals surface area contributed by atoms with Gasteiger partial charge in [0.05, 0.1) is 0 Å². The second-order valence-electron chi connectivity index (χ2n) is 0. The van der Waals surface area contributed by atoms with Crippen LogP contribution in [0.15, 0.2) is 0 Å². The van der Waals surface area contributed by atoms with Crippen LogP contribution in [0.2, 0.25) is 0 Å². The van der Waals surface area contributed by atoms with E-state index in [4.69, 9.17) is 0 Å². The molecule has 0 N–H and O–H groups in total. The number of hydrogen-bond donors (Lipinski definition) is 0. The Morgan fingerprint density at radius 1 is 1.20 bits per heavy atom. The summed E-state index contributed by atoms with van der Waals surface area (Å²) in [4.78, 5) is 0. The molecule has 5 heavy (non-hydrogen) atoms. The van der Waals surface area contributed by atoms with E-state index in [1.807, 2.05) is 18.5 Å². The van der Waals surface area contributed by atoms with E-state index in [0.717, 1.165) is 0 Å². The van der Waals surface area contributed by atoms with Crippen LogP contribution in [-0.2, 0) is 35.6 Å². The van der Waals surface area contributed by atoms with Crippen molar-refractivity contribution in [1.29, 1.82) is 0 Å². The first-order valence-corrected chi connectivity index (χ1v) is 9.28. The first kappa shape index (κ1) is 24.1. The van der Waals surface area contributed by atoms with Crippen molar-refractivity contribution >= 4 is 63.4 Å². The van der Waals surface area contributed by atoms with Crippen molar-refractivity contribution in [2.24, 2.45) is 0 Å². The van der Waals surface area contributed by atoms with Crippen LogP contribution in [0.1, 0.15) is 0 Å². The number of hydrogen-bond acceptors (Lipinski definition) is 0. The molecule has 5 heteroatoms. The molecule has 0 atom stereocenters. The predicted octanol–water partition coefficient (Wildman–Crippen LogP) is -3.29. The zero-order valence-electron chi connectivity index (χ0n) is 1.73. The van der Waals surface area contributed by atoms with Gasteiger partial charge in [0.2, 0.25) is 0 Å². The van der Waals surface area contributed by atoms with Crippen LogP contribution in [0, 0.1) is 0 Å². The molecule has 0 rings (SSSR count). The summed E-state index contributed by atoms with van der Waals surface area (Å²) in [5.41, 5.74) is 0. The van der Waals surface area contributed by atoms with E-state index in [9.17, 15) is 0 Å². The van der Waals surface area contributed by atoms with Crippen molar-refractivity contribution in [2.75, 3.05) is 0 Å². The Bertz CT molecular complexity index is 11.6. The Hall–Kier alpha value is 3.19. The second-order valence-corrected chi connectivity index (χ2v) is 0. The summed E-state index contributed by atoms with van der Waals surface area (Å²) < 4.78 is 0. The topological polar surface area (TPSA) is 0 Å². The monoisotopic (exact) mass is 346 g/mol. The Kier molecular flexibility index (Phi) is 131.